The van der Waals surface area contributed by atoms with Gasteiger partial charge in [-0.3, -0.25) is 4.79 Å². The first-order chi connectivity index (χ1) is 14.3. The topological polar surface area (TPSA) is 75.7 Å². The zero-order chi connectivity index (χ0) is 21.7. The van der Waals surface area contributed by atoms with Gasteiger partial charge >= 0.3 is 0 Å². The van der Waals surface area contributed by atoms with Gasteiger partial charge in [0.25, 0.3) is 0 Å². The zero-order valence-electron chi connectivity index (χ0n) is 17.8. The molecule has 1 N–H and O–H groups in total. The van der Waals surface area contributed by atoms with E-state index in [2.05, 4.69) is 5.32 Å². The predicted octanol–water partition coefficient (Wildman–Crippen LogP) is 3.42. The number of methoxy groups -OCH3 is 1. The number of benzene rings is 2. The molecule has 2 aromatic rings. The van der Waals surface area contributed by atoms with Crippen molar-refractivity contribution in [3.8, 4) is 5.75 Å². The van der Waals surface area contributed by atoms with Crippen LogP contribution in [0.5, 0.6) is 5.75 Å². The van der Waals surface area contributed by atoms with E-state index in [9.17, 15) is 13.2 Å². The molecule has 0 aliphatic carbocycles. The molecule has 162 valence electrons. The van der Waals surface area contributed by atoms with E-state index in [1.165, 1.54) is 4.31 Å². The molecule has 1 atom stereocenters. The van der Waals surface area contributed by atoms with E-state index >= 15 is 0 Å². The average Bonchev–Trinajstić information content (AvgIpc) is 2.75. The van der Waals surface area contributed by atoms with Crippen molar-refractivity contribution in [3.05, 3.63) is 65.2 Å². The number of nitrogens with one attached hydrogen (secondary N) is 1. The Hall–Kier alpha value is -2.38. The van der Waals surface area contributed by atoms with Crippen LogP contribution in [0.3, 0.4) is 0 Å². The smallest absolute Gasteiger partial charge is 0.223 e. The summed E-state index contributed by atoms with van der Waals surface area (Å²) in [5.74, 6) is 0.514. The van der Waals surface area contributed by atoms with Crippen molar-refractivity contribution in [1.82, 2.24) is 9.62 Å². The molecule has 0 saturated carbocycles. The number of carbonyl (C=O) groups is 1. The SMILES string of the molecule is COc1ccccc1[C@H](C)NC(=O)C1CCN(S(=O)(=O)Cc2ccccc2C)CC1. The van der Waals surface area contributed by atoms with Gasteiger partial charge < -0.3 is 10.1 Å². The second-order valence-electron chi connectivity index (χ2n) is 7.83. The maximum Gasteiger partial charge on any atom is 0.223 e. The molecular formula is C23H30N2O4S. The molecule has 0 spiro atoms. The van der Waals surface area contributed by atoms with Crippen LogP contribution in [0.25, 0.3) is 0 Å². The van der Waals surface area contributed by atoms with E-state index in [0.717, 1.165) is 22.4 Å². The first kappa shape index (κ1) is 22.3. The number of piperidine rings is 1. The standard InChI is InChI=1S/C23H30N2O4S/c1-17-8-4-5-9-20(17)16-30(27,28)25-14-12-19(13-15-25)23(26)24-18(2)21-10-6-7-11-22(21)29-3/h4-11,18-19H,12-16H2,1-3H3,(H,24,26)/t18-/m0/s1. The molecule has 6 nitrogen and oxygen atoms in total. The number of aryl methyl sites for hydroxylation is 1. The molecular weight excluding hydrogens is 400 g/mol. The van der Waals surface area contributed by atoms with Gasteiger partial charge in [-0.15, -0.1) is 0 Å². The Morgan fingerprint density at radius 1 is 1.13 bits per heavy atom. The summed E-state index contributed by atoms with van der Waals surface area (Å²) in [6.45, 7) is 4.59. The van der Waals surface area contributed by atoms with Crippen LogP contribution in [0.15, 0.2) is 48.5 Å². The van der Waals surface area contributed by atoms with E-state index in [1.54, 1.807) is 7.11 Å². The highest BCUT2D eigenvalue weighted by molar-refractivity contribution is 7.88. The number of hydrogen-bond donors (Lipinski definition) is 1. The predicted molar refractivity (Wildman–Crippen MR) is 118 cm³/mol. The van der Waals surface area contributed by atoms with Crippen LogP contribution >= 0.6 is 0 Å². The molecule has 3 rings (SSSR count). The normalized spacial score (nSPS) is 16.8. The van der Waals surface area contributed by atoms with Crippen LogP contribution in [-0.4, -0.2) is 38.8 Å². The lowest BCUT2D eigenvalue weighted by atomic mass is 9.96. The lowest BCUT2D eigenvalue weighted by Crippen LogP contribution is -2.43. The quantitative estimate of drug-likeness (QED) is 0.730. The van der Waals surface area contributed by atoms with Crippen molar-refractivity contribution < 1.29 is 17.9 Å². The molecule has 1 aliphatic rings. The van der Waals surface area contributed by atoms with Crippen molar-refractivity contribution in [2.24, 2.45) is 5.92 Å². The number of hydrogen-bond acceptors (Lipinski definition) is 4. The number of nitrogens with zero attached hydrogens (tertiary/aromatic N) is 1. The fourth-order valence-corrected chi connectivity index (χ4v) is 5.56. The summed E-state index contributed by atoms with van der Waals surface area (Å²) in [6, 6.07) is 15.0. The Bertz CT molecular complexity index is 982. The number of para-hydroxylation sites is 1. The summed E-state index contributed by atoms with van der Waals surface area (Å²) in [4.78, 5) is 12.8. The summed E-state index contributed by atoms with van der Waals surface area (Å²) in [5.41, 5.74) is 2.72. The minimum absolute atomic E-state index is 0.00136. The molecule has 30 heavy (non-hydrogen) atoms. The number of sulfonamides is 1. The number of amides is 1. The molecule has 1 aliphatic heterocycles. The van der Waals surface area contributed by atoms with Gasteiger partial charge in [-0.2, -0.15) is 0 Å². The first-order valence-corrected chi connectivity index (χ1v) is 11.9. The maximum absolute atomic E-state index is 12.8. The second-order valence-corrected chi connectivity index (χ2v) is 9.80. The Morgan fingerprint density at radius 2 is 1.77 bits per heavy atom. The summed E-state index contributed by atoms with van der Waals surface area (Å²) in [6.07, 6.45) is 1.05. The van der Waals surface area contributed by atoms with Gasteiger partial charge in [0.15, 0.2) is 0 Å². The van der Waals surface area contributed by atoms with Gasteiger partial charge in [-0.05, 0) is 43.9 Å². The van der Waals surface area contributed by atoms with Crippen LogP contribution in [0.2, 0.25) is 0 Å². The van der Waals surface area contributed by atoms with Gasteiger partial charge in [0, 0.05) is 24.6 Å². The van der Waals surface area contributed by atoms with Crippen molar-refractivity contribution >= 4 is 15.9 Å². The molecule has 7 heteroatoms. The number of ether oxygens (including phenoxy) is 1. The van der Waals surface area contributed by atoms with Gasteiger partial charge in [-0.25, -0.2) is 12.7 Å². The zero-order valence-corrected chi connectivity index (χ0v) is 18.6. The molecule has 0 aromatic heterocycles. The van der Waals surface area contributed by atoms with E-state index < -0.39 is 10.0 Å². The van der Waals surface area contributed by atoms with E-state index in [1.807, 2.05) is 62.4 Å². The Kier molecular flexibility index (Phi) is 7.15. The molecule has 1 amide bonds. The summed E-state index contributed by atoms with van der Waals surface area (Å²) in [7, 11) is -1.79. The van der Waals surface area contributed by atoms with Gasteiger partial charge in [-0.1, -0.05) is 42.5 Å². The fourth-order valence-electron chi connectivity index (χ4n) is 3.89. The number of rotatable bonds is 7. The summed E-state index contributed by atoms with van der Waals surface area (Å²) >= 11 is 0. The number of carbonyl (C=O) groups excluding carboxylic acids is 1. The van der Waals surface area contributed by atoms with Crippen molar-refractivity contribution in [3.63, 3.8) is 0 Å². The highest BCUT2D eigenvalue weighted by Crippen LogP contribution is 2.27. The van der Waals surface area contributed by atoms with Gasteiger partial charge in [0.05, 0.1) is 18.9 Å². The summed E-state index contributed by atoms with van der Waals surface area (Å²) < 4.78 is 32.6. The lowest BCUT2D eigenvalue weighted by Gasteiger charge is -2.31. The van der Waals surface area contributed by atoms with Gasteiger partial charge in [0.1, 0.15) is 5.75 Å². The second kappa shape index (κ2) is 9.62. The largest absolute Gasteiger partial charge is 0.496 e. The minimum Gasteiger partial charge on any atom is -0.496 e. The van der Waals surface area contributed by atoms with Crippen LogP contribution in [0.4, 0.5) is 0 Å². The maximum atomic E-state index is 12.8. The highest BCUT2D eigenvalue weighted by Gasteiger charge is 2.32. The monoisotopic (exact) mass is 430 g/mol. The molecule has 0 radical (unpaired) electrons. The first-order valence-electron chi connectivity index (χ1n) is 10.3. The third kappa shape index (κ3) is 5.21. The molecule has 2 aromatic carbocycles. The molecule has 1 heterocycles. The van der Waals surface area contributed by atoms with Crippen LogP contribution in [-0.2, 0) is 20.6 Å². The third-order valence-corrected chi connectivity index (χ3v) is 7.61. The third-order valence-electron chi connectivity index (χ3n) is 5.78. The fraction of sp³-hybridized carbons (Fsp3) is 0.435. The molecule has 0 bridgehead atoms. The Morgan fingerprint density at radius 3 is 2.43 bits per heavy atom. The minimum atomic E-state index is -3.40. The average molecular weight is 431 g/mol. The molecule has 0 unspecified atom stereocenters. The Labute approximate surface area is 179 Å². The van der Waals surface area contributed by atoms with E-state index in [4.69, 9.17) is 4.74 Å². The highest BCUT2D eigenvalue weighted by atomic mass is 32.2. The lowest BCUT2D eigenvalue weighted by molar-refractivity contribution is -0.126. The van der Waals surface area contributed by atoms with E-state index in [0.29, 0.717) is 25.9 Å². The Balaban J connectivity index is 1.57. The van der Waals surface area contributed by atoms with Crippen molar-refractivity contribution in [2.45, 2.75) is 38.5 Å². The van der Waals surface area contributed by atoms with Crippen molar-refractivity contribution in [2.75, 3.05) is 20.2 Å². The van der Waals surface area contributed by atoms with Crippen LogP contribution in [0.1, 0.15) is 42.5 Å². The molecule has 1 fully saturated rings. The summed E-state index contributed by atoms with van der Waals surface area (Å²) in [5, 5.41) is 3.05. The van der Waals surface area contributed by atoms with Crippen molar-refractivity contribution in [1.29, 1.82) is 0 Å². The molecule has 1 saturated heterocycles. The van der Waals surface area contributed by atoms with Crippen LogP contribution < -0.4 is 10.1 Å². The van der Waals surface area contributed by atoms with E-state index in [-0.39, 0.29) is 23.6 Å². The van der Waals surface area contributed by atoms with Crippen LogP contribution in [0, 0.1) is 12.8 Å². The van der Waals surface area contributed by atoms with Gasteiger partial charge in [0.2, 0.25) is 15.9 Å².